The minimum absolute atomic E-state index is 0.823. The Hall–Kier alpha value is -2.83. The SMILES string of the molecule is COc1ccc(C2=Nc3ccc(Br)cc3Sc3c2c(C)nn3-c2ccccc2)cc1. The summed E-state index contributed by atoms with van der Waals surface area (Å²) < 4.78 is 8.39. The van der Waals surface area contributed by atoms with Crippen LogP contribution < -0.4 is 4.74 Å². The summed E-state index contributed by atoms with van der Waals surface area (Å²) in [6.07, 6.45) is 0. The summed E-state index contributed by atoms with van der Waals surface area (Å²) >= 11 is 5.30. The molecule has 148 valence electrons. The van der Waals surface area contributed by atoms with Crippen LogP contribution in [0, 0.1) is 6.92 Å². The molecule has 0 saturated heterocycles. The van der Waals surface area contributed by atoms with Crippen LogP contribution in [0.2, 0.25) is 0 Å². The van der Waals surface area contributed by atoms with Gasteiger partial charge in [-0.15, -0.1) is 0 Å². The van der Waals surface area contributed by atoms with Crippen LogP contribution in [-0.4, -0.2) is 22.6 Å². The first kappa shape index (κ1) is 19.2. The Kier molecular flexibility index (Phi) is 4.97. The molecule has 1 aliphatic rings. The summed E-state index contributed by atoms with van der Waals surface area (Å²) in [7, 11) is 1.68. The Balaban J connectivity index is 1.78. The molecule has 0 N–H and O–H groups in total. The molecule has 3 aromatic carbocycles. The number of hydrogen-bond acceptors (Lipinski definition) is 4. The van der Waals surface area contributed by atoms with Crippen LogP contribution >= 0.6 is 27.7 Å². The summed E-state index contributed by atoms with van der Waals surface area (Å²) in [6.45, 7) is 2.05. The second-order valence-corrected chi connectivity index (χ2v) is 8.86. The maximum absolute atomic E-state index is 5.34. The molecule has 1 aromatic heterocycles. The average Bonchev–Trinajstić information content (AvgIpc) is 2.99. The van der Waals surface area contributed by atoms with Crippen molar-refractivity contribution in [3.63, 3.8) is 0 Å². The maximum Gasteiger partial charge on any atom is 0.118 e. The van der Waals surface area contributed by atoms with Gasteiger partial charge >= 0.3 is 0 Å². The number of aryl methyl sites for hydroxylation is 1. The van der Waals surface area contributed by atoms with Gasteiger partial charge in [0.15, 0.2) is 0 Å². The van der Waals surface area contributed by atoms with Gasteiger partial charge in [0.05, 0.1) is 35.5 Å². The zero-order valence-corrected chi connectivity index (χ0v) is 18.9. The average molecular weight is 476 g/mol. The molecule has 30 heavy (non-hydrogen) atoms. The molecule has 5 rings (SSSR count). The van der Waals surface area contributed by atoms with Gasteiger partial charge in [-0.2, -0.15) is 5.10 Å². The highest BCUT2D eigenvalue weighted by Gasteiger charge is 2.26. The van der Waals surface area contributed by atoms with Gasteiger partial charge in [-0.05, 0) is 61.5 Å². The number of aromatic nitrogens is 2. The fraction of sp³-hybridized carbons (Fsp3) is 0.0833. The number of rotatable bonds is 3. The van der Waals surface area contributed by atoms with Crippen molar-refractivity contribution in [2.24, 2.45) is 4.99 Å². The van der Waals surface area contributed by atoms with E-state index in [0.29, 0.717) is 0 Å². The molecule has 2 heterocycles. The lowest BCUT2D eigenvalue weighted by molar-refractivity contribution is 0.415. The van der Waals surface area contributed by atoms with E-state index in [1.807, 2.05) is 48.0 Å². The fourth-order valence-electron chi connectivity index (χ4n) is 3.52. The van der Waals surface area contributed by atoms with E-state index in [9.17, 15) is 0 Å². The summed E-state index contributed by atoms with van der Waals surface area (Å²) in [5.41, 5.74) is 5.93. The Morgan fingerprint density at radius 1 is 0.967 bits per heavy atom. The van der Waals surface area contributed by atoms with Crippen molar-refractivity contribution in [3.05, 3.63) is 94.1 Å². The van der Waals surface area contributed by atoms with Crippen LogP contribution in [0.5, 0.6) is 5.75 Å². The van der Waals surface area contributed by atoms with Gasteiger partial charge in [-0.1, -0.05) is 45.9 Å². The molecule has 0 aliphatic carbocycles. The minimum Gasteiger partial charge on any atom is -0.497 e. The normalized spacial score (nSPS) is 12.6. The van der Waals surface area contributed by atoms with Crippen molar-refractivity contribution >= 4 is 39.1 Å². The number of benzene rings is 3. The summed E-state index contributed by atoms with van der Waals surface area (Å²) in [6, 6.07) is 24.5. The second kappa shape index (κ2) is 7.78. The van der Waals surface area contributed by atoms with Crippen LogP contribution in [0.1, 0.15) is 16.8 Å². The lowest BCUT2D eigenvalue weighted by Gasteiger charge is -2.09. The summed E-state index contributed by atoms with van der Waals surface area (Å²) in [5.74, 6) is 0.823. The van der Waals surface area contributed by atoms with Gasteiger partial charge in [0.1, 0.15) is 10.8 Å². The standard InChI is InChI=1S/C24H18BrN3OS/c1-15-22-23(16-8-11-19(29-2)12-9-16)26-20-13-10-17(25)14-21(20)30-24(22)28(27-15)18-6-4-3-5-7-18/h3-14H,1-2H3. The predicted molar refractivity (Wildman–Crippen MR) is 125 cm³/mol. The Morgan fingerprint density at radius 2 is 1.73 bits per heavy atom. The molecule has 0 spiro atoms. The van der Waals surface area contributed by atoms with E-state index in [2.05, 4.69) is 52.3 Å². The topological polar surface area (TPSA) is 39.4 Å². The van der Waals surface area contributed by atoms with Crippen molar-refractivity contribution in [3.8, 4) is 11.4 Å². The minimum atomic E-state index is 0.823. The number of aliphatic imine (C=N–C) groups is 1. The van der Waals surface area contributed by atoms with Crippen LogP contribution in [-0.2, 0) is 0 Å². The highest BCUT2D eigenvalue weighted by Crippen LogP contribution is 2.44. The zero-order valence-electron chi connectivity index (χ0n) is 16.5. The highest BCUT2D eigenvalue weighted by atomic mass is 79.9. The molecule has 0 bridgehead atoms. The largest absolute Gasteiger partial charge is 0.497 e. The molecule has 0 saturated carbocycles. The number of nitrogens with zero attached hydrogens (tertiary/aromatic N) is 3. The Morgan fingerprint density at radius 3 is 2.47 bits per heavy atom. The van der Waals surface area contributed by atoms with E-state index >= 15 is 0 Å². The maximum atomic E-state index is 5.34. The van der Waals surface area contributed by atoms with E-state index in [-0.39, 0.29) is 0 Å². The number of ether oxygens (including phenoxy) is 1. The molecule has 0 radical (unpaired) electrons. The predicted octanol–water partition coefficient (Wildman–Crippen LogP) is 6.59. The van der Waals surface area contributed by atoms with Gasteiger partial charge in [0.2, 0.25) is 0 Å². The number of halogens is 1. The lowest BCUT2D eigenvalue weighted by atomic mass is 10.0. The number of hydrogen-bond donors (Lipinski definition) is 0. The summed E-state index contributed by atoms with van der Waals surface area (Å²) in [4.78, 5) is 6.19. The first-order valence-electron chi connectivity index (χ1n) is 9.50. The fourth-order valence-corrected chi connectivity index (χ4v) is 5.22. The number of methoxy groups -OCH3 is 1. The molecular weight excluding hydrogens is 458 g/mol. The Bertz CT molecular complexity index is 1260. The first-order valence-corrected chi connectivity index (χ1v) is 11.1. The van der Waals surface area contributed by atoms with Crippen LogP contribution in [0.15, 0.2) is 92.2 Å². The molecule has 0 fully saturated rings. The molecule has 4 nitrogen and oxygen atoms in total. The molecule has 0 unspecified atom stereocenters. The van der Waals surface area contributed by atoms with Crippen molar-refractivity contribution in [2.45, 2.75) is 16.8 Å². The lowest BCUT2D eigenvalue weighted by Crippen LogP contribution is -2.05. The monoisotopic (exact) mass is 475 g/mol. The first-order chi connectivity index (χ1) is 14.6. The number of fused-ring (bicyclic) bond motifs is 2. The van der Waals surface area contributed by atoms with Crippen molar-refractivity contribution in [1.82, 2.24) is 9.78 Å². The summed E-state index contributed by atoms with van der Waals surface area (Å²) in [5, 5.41) is 5.95. The van der Waals surface area contributed by atoms with E-state index in [1.54, 1.807) is 18.9 Å². The quantitative estimate of drug-likeness (QED) is 0.295. The van der Waals surface area contributed by atoms with Gasteiger partial charge in [0, 0.05) is 14.9 Å². The van der Waals surface area contributed by atoms with Crippen LogP contribution in [0.25, 0.3) is 5.69 Å². The third-order valence-electron chi connectivity index (χ3n) is 4.98. The molecular formula is C24H18BrN3OS. The smallest absolute Gasteiger partial charge is 0.118 e. The Labute approximate surface area is 187 Å². The third kappa shape index (κ3) is 3.36. The molecule has 4 aromatic rings. The van der Waals surface area contributed by atoms with Crippen molar-refractivity contribution in [1.29, 1.82) is 0 Å². The molecule has 6 heteroatoms. The number of para-hydroxylation sites is 1. The van der Waals surface area contributed by atoms with Gasteiger partial charge in [0.25, 0.3) is 0 Å². The highest BCUT2D eigenvalue weighted by molar-refractivity contribution is 9.10. The van der Waals surface area contributed by atoms with E-state index in [0.717, 1.165) is 54.1 Å². The van der Waals surface area contributed by atoms with Crippen molar-refractivity contribution in [2.75, 3.05) is 7.11 Å². The van der Waals surface area contributed by atoms with Crippen LogP contribution in [0.3, 0.4) is 0 Å². The van der Waals surface area contributed by atoms with E-state index in [1.165, 1.54) is 0 Å². The molecule has 0 atom stereocenters. The van der Waals surface area contributed by atoms with Gasteiger partial charge in [-0.3, -0.25) is 0 Å². The van der Waals surface area contributed by atoms with E-state index in [4.69, 9.17) is 14.8 Å². The van der Waals surface area contributed by atoms with Crippen LogP contribution in [0.4, 0.5) is 5.69 Å². The third-order valence-corrected chi connectivity index (χ3v) is 6.59. The van der Waals surface area contributed by atoms with E-state index < -0.39 is 0 Å². The molecule has 0 amide bonds. The van der Waals surface area contributed by atoms with Gasteiger partial charge in [-0.25, -0.2) is 9.67 Å². The molecule has 1 aliphatic heterocycles. The van der Waals surface area contributed by atoms with Gasteiger partial charge < -0.3 is 4.74 Å². The zero-order chi connectivity index (χ0) is 20.7. The second-order valence-electron chi connectivity index (χ2n) is 6.92. The van der Waals surface area contributed by atoms with Crippen molar-refractivity contribution < 1.29 is 4.74 Å².